The molecule has 5 nitrogen and oxygen atoms in total. The molecule has 1 aromatic heterocycles. The van der Waals surface area contributed by atoms with E-state index in [4.69, 9.17) is 5.26 Å². The van der Waals surface area contributed by atoms with Crippen molar-refractivity contribution in [1.29, 1.82) is 5.26 Å². The Hall–Kier alpha value is -3.00. The summed E-state index contributed by atoms with van der Waals surface area (Å²) in [6.45, 7) is 0. The number of carbonyl (C=O) groups is 1. The van der Waals surface area contributed by atoms with Gasteiger partial charge in [-0.3, -0.25) is 4.79 Å². The highest BCUT2D eigenvalue weighted by Crippen LogP contribution is 2.14. The number of hydrogen-bond donors (Lipinski definition) is 0. The molecule has 0 aliphatic rings. The molecule has 0 unspecified atom stereocenters. The average molecular weight is 248 g/mol. The molecule has 2 aromatic carbocycles. The number of hydrogen-bond acceptors (Lipinski definition) is 4. The zero-order valence-corrected chi connectivity index (χ0v) is 9.82. The van der Waals surface area contributed by atoms with Crippen LogP contribution in [-0.2, 0) is 0 Å². The lowest BCUT2D eigenvalue weighted by molar-refractivity contribution is 0.0948. The summed E-state index contributed by atoms with van der Waals surface area (Å²) in [6, 6.07) is 15.8. The van der Waals surface area contributed by atoms with E-state index in [0.29, 0.717) is 22.2 Å². The topological polar surface area (TPSA) is 71.6 Å². The van der Waals surface area contributed by atoms with E-state index in [9.17, 15) is 4.79 Å². The molecule has 0 radical (unpaired) electrons. The van der Waals surface area contributed by atoms with Gasteiger partial charge in [0, 0.05) is 0 Å². The molecule has 19 heavy (non-hydrogen) atoms. The van der Waals surface area contributed by atoms with Crippen molar-refractivity contribution >= 4 is 16.9 Å². The minimum atomic E-state index is -0.356. The lowest BCUT2D eigenvalue weighted by Crippen LogP contribution is -2.15. The minimum absolute atomic E-state index is 0.320. The molecule has 0 bridgehead atoms. The van der Waals surface area contributed by atoms with Gasteiger partial charge in [0.1, 0.15) is 5.52 Å². The number of para-hydroxylation sites is 1. The monoisotopic (exact) mass is 248 g/mol. The maximum atomic E-state index is 12.4. The van der Waals surface area contributed by atoms with E-state index >= 15 is 0 Å². The molecule has 3 aromatic rings. The van der Waals surface area contributed by atoms with Crippen molar-refractivity contribution in [3.8, 4) is 6.07 Å². The maximum Gasteiger partial charge on any atom is 0.281 e. The summed E-state index contributed by atoms with van der Waals surface area (Å²) in [7, 11) is 0. The quantitative estimate of drug-likeness (QED) is 0.660. The van der Waals surface area contributed by atoms with Crippen LogP contribution in [0, 0.1) is 11.3 Å². The predicted molar refractivity (Wildman–Crippen MR) is 68.4 cm³/mol. The molecule has 0 saturated heterocycles. The molecule has 0 spiro atoms. The lowest BCUT2D eigenvalue weighted by atomic mass is 10.1. The molecule has 90 valence electrons. The van der Waals surface area contributed by atoms with Crippen LogP contribution in [0.25, 0.3) is 11.0 Å². The van der Waals surface area contributed by atoms with Gasteiger partial charge in [0.2, 0.25) is 0 Å². The first-order valence-corrected chi connectivity index (χ1v) is 5.65. The summed E-state index contributed by atoms with van der Waals surface area (Å²) in [4.78, 5) is 12.4. The van der Waals surface area contributed by atoms with Crippen molar-refractivity contribution in [1.82, 2.24) is 15.0 Å². The summed E-state index contributed by atoms with van der Waals surface area (Å²) < 4.78 is 1.21. The molecular formula is C14H8N4O. The second-order valence-electron chi connectivity index (χ2n) is 3.95. The zero-order chi connectivity index (χ0) is 13.2. The van der Waals surface area contributed by atoms with Crippen molar-refractivity contribution in [2.24, 2.45) is 0 Å². The van der Waals surface area contributed by atoms with E-state index < -0.39 is 0 Å². The Kier molecular flexibility index (Phi) is 2.54. The first kappa shape index (κ1) is 11.1. The standard InChI is InChI=1S/C14H8N4O/c15-9-10-5-1-2-6-11(10)14(19)18-13-8-4-3-7-12(13)16-17-18/h1-8H. The summed E-state index contributed by atoms with van der Waals surface area (Å²) in [5.74, 6) is -0.356. The van der Waals surface area contributed by atoms with Gasteiger partial charge in [0.15, 0.2) is 0 Å². The number of benzene rings is 2. The Morgan fingerprint density at radius 2 is 1.84 bits per heavy atom. The highest BCUT2D eigenvalue weighted by atomic mass is 16.2. The molecule has 3 rings (SSSR count). The van der Waals surface area contributed by atoms with Gasteiger partial charge in [-0.2, -0.15) is 9.94 Å². The molecule has 0 saturated carbocycles. The SMILES string of the molecule is N#Cc1ccccc1C(=O)n1nnc2ccccc21. The molecule has 0 amide bonds. The zero-order valence-electron chi connectivity index (χ0n) is 9.82. The first-order chi connectivity index (χ1) is 9.31. The van der Waals surface area contributed by atoms with E-state index in [1.54, 1.807) is 36.4 Å². The Morgan fingerprint density at radius 3 is 2.68 bits per heavy atom. The third-order valence-electron chi connectivity index (χ3n) is 2.82. The number of aromatic nitrogens is 3. The Bertz CT molecular complexity index is 813. The van der Waals surface area contributed by atoms with Gasteiger partial charge in [0.25, 0.3) is 5.91 Å². The van der Waals surface area contributed by atoms with Crippen LogP contribution in [0.2, 0.25) is 0 Å². The molecule has 0 fully saturated rings. The fourth-order valence-corrected chi connectivity index (χ4v) is 1.90. The van der Waals surface area contributed by atoms with Crippen molar-refractivity contribution in [3.63, 3.8) is 0 Å². The van der Waals surface area contributed by atoms with Crippen LogP contribution >= 0.6 is 0 Å². The third-order valence-corrected chi connectivity index (χ3v) is 2.82. The van der Waals surface area contributed by atoms with Gasteiger partial charge in [0.05, 0.1) is 22.7 Å². The molecule has 0 aliphatic carbocycles. The molecule has 0 N–H and O–H groups in total. The lowest BCUT2D eigenvalue weighted by Gasteiger charge is -2.02. The van der Waals surface area contributed by atoms with Crippen LogP contribution in [0.4, 0.5) is 0 Å². The van der Waals surface area contributed by atoms with Gasteiger partial charge in [-0.05, 0) is 24.3 Å². The fourth-order valence-electron chi connectivity index (χ4n) is 1.90. The second kappa shape index (κ2) is 4.35. The van der Waals surface area contributed by atoms with Gasteiger partial charge in [-0.15, -0.1) is 5.10 Å². The summed E-state index contributed by atoms with van der Waals surface area (Å²) in [5.41, 5.74) is 1.92. The van der Waals surface area contributed by atoms with Crippen LogP contribution in [-0.4, -0.2) is 20.9 Å². The van der Waals surface area contributed by atoms with Crippen molar-refractivity contribution in [3.05, 3.63) is 59.7 Å². The van der Waals surface area contributed by atoms with Crippen molar-refractivity contribution in [2.45, 2.75) is 0 Å². The van der Waals surface area contributed by atoms with E-state index in [-0.39, 0.29) is 5.91 Å². The predicted octanol–water partition coefficient (Wildman–Crippen LogP) is 1.99. The van der Waals surface area contributed by atoms with Crippen LogP contribution in [0.15, 0.2) is 48.5 Å². The van der Waals surface area contributed by atoms with E-state index in [1.165, 1.54) is 4.68 Å². The molecule has 0 aliphatic heterocycles. The van der Waals surface area contributed by atoms with Crippen LogP contribution < -0.4 is 0 Å². The number of fused-ring (bicyclic) bond motifs is 1. The number of carbonyl (C=O) groups excluding carboxylic acids is 1. The molecule has 1 heterocycles. The fraction of sp³-hybridized carbons (Fsp3) is 0. The van der Waals surface area contributed by atoms with Crippen LogP contribution in [0.5, 0.6) is 0 Å². The van der Waals surface area contributed by atoms with E-state index in [1.807, 2.05) is 18.2 Å². The number of nitriles is 1. The van der Waals surface area contributed by atoms with Gasteiger partial charge >= 0.3 is 0 Å². The highest BCUT2D eigenvalue weighted by molar-refractivity contribution is 6.01. The van der Waals surface area contributed by atoms with Gasteiger partial charge < -0.3 is 0 Å². The van der Waals surface area contributed by atoms with Gasteiger partial charge in [-0.25, -0.2) is 0 Å². The smallest absolute Gasteiger partial charge is 0.267 e. The van der Waals surface area contributed by atoms with Crippen LogP contribution in [0.1, 0.15) is 15.9 Å². The molecule has 5 heteroatoms. The normalized spacial score (nSPS) is 10.3. The number of nitrogens with zero attached hydrogens (tertiary/aromatic N) is 4. The van der Waals surface area contributed by atoms with Gasteiger partial charge in [-0.1, -0.05) is 29.5 Å². The largest absolute Gasteiger partial charge is 0.281 e. The Balaban J connectivity index is 2.17. The Morgan fingerprint density at radius 1 is 1.11 bits per heavy atom. The number of rotatable bonds is 1. The first-order valence-electron chi connectivity index (χ1n) is 5.65. The molecular weight excluding hydrogens is 240 g/mol. The van der Waals surface area contributed by atoms with Crippen molar-refractivity contribution in [2.75, 3.05) is 0 Å². The minimum Gasteiger partial charge on any atom is -0.267 e. The third kappa shape index (κ3) is 1.76. The average Bonchev–Trinajstić information content (AvgIpc) is 2.90. The Labute approximate surface area is 108 Å². The maximum absolute atomic E-state index is 12.4. The van der Waals surface area contributed by atoms with Crippen LogP contribution in [0.3, 0.4) is 0 Å². The highest BCUT2D eigenvalue weighted by Gasteiger charge is 2.16. The molecule has 0 atom stereocenters. The van der Waals surface area contributed by atoms with E-state index in [0.717, 1.165) is 0 Å². The summed E-state index contributed by atoms with van der Waals surface area (Å²) >= 11 is 0. The second-order valence-corrected chi connectivity index (χ2v) is 3.95. The van der Waals surface area contributed by atoms with Crippen molar-refractivity contribution < 1.29 is 4.79 Å². The summed E-state index contributed by atoms with van der Waals surface area (Å²) in [5, 5.41) is 16.8. The summed E-state index contributed by atoms with van der Waals surface area (Å²) in [6.07, 6.45) is 0. The van der Waals surface area contributed by atoms with E-state index in [2.05, 4.69) is 10.3 Å².